The third-order valence-corrected chi connectivity index (χ3v) is 4.85. The van der Waals surface area contributed by atoms with Crippen LogP contribution in [0.2, 0.25) is 0 Å². The van der Waals surface area contributed by atoms with Crippen LogP contribution in [0, 0.1) is 0 Å². The first-order chi connectivity index (χ1) is 13.4. The molecule has 1 aromatic heterocycles. The number of carbonyl (C=O) groups excluding carboxylic acids is 3. The fourth-order valence-corrected chi connectivity index (χ4v) is 3.52. The highest BCUT2D eigenvalue weighted by Gasteiger charge is 2.27. The van der Waals surface area contributed by atoms with E-state index in [4.69, 9.17) is 0 Å². The van der Waals surface area contributed by atoms with Crippen LogP contribution in [0.5, 0.6) is 0 Å². The van der Waals surface area contributed by atoms with Gasteiger partial charge in [-0.15, -0.1) is 0 Å². The molecular formula is C21H20N4O3. The Kier molecular flexibility index (Phi) is 4.35. The molecule has 1 unspecified atom stereocenters. The zero-order valence-corrected chi connectivity index (χ0v) is 15.6. The molecule has 3 amide bonds. The minimum absolute atomic E-state index is 0.116. The van der Waals surface area contributed by atoms with Gasteiger partial charge in [-0.3, -0.25) is 14.4 Å². The third kappa shape index (κ3) is 3.22. The van der Waals surface area contributed by atoms with Gasteiger partial charge in [0.1, 0.15) is 5.69 Å². The molecule has 0 saturated carbocycles. The maximum absolute atomic E-state index is 12.7. The molecule has 2 aromatic carbocycles. The van der Waals surface area contributed by atoms with Crippen molar-refractivity contribution in [1.82, 2.24) is 10.3 Å². The number of hydrogen-bond acceptors (Lipinski definition) is 3. The molecule has 0 bridgehead atoms. The number of aromatic nitrogens is 1. The summed E-state index contributed by atoms with van der Waals surface area (Å²) >= 11 is 0. The molecular weight excluding hydrogens is 356 g/mol. The van der Waals surface area contributed by atoms with E-state index in [2.05, 4.69) is 27.9 Å². The monoisotopic (exact) mass is 376 g/mol. The van der Waals surface area contributed by atoms with E-state index in [0.29, 0.717) is 29.2 Å². The van der Waals surface area contributed by atoms with Gasteiger partial charge < -0.3 is 20.9 Å². The van der Waals surface area contributed by atoms with Gasteiger partial charge in [-0.05, 0) is 48.0 Å². The van der Waals surface area contributed by atoms with Gasteiger partial charge in [0.25, 0.3) is 11.8 Å². The Labute approximate surface area is 161 Å². The van der Waals surface area contributed by atoms with Gasteiger partial charge >= 0.3 is 0 Å². The number of hydrogen-bond donors (Lipinski definition) is 4. The van der Waals surface area contributed by atoms with Crippen molar-refractivity contribution in [2.45, 2.75) is 19.8 Å². The van der Waals surface area contributed by atoms with Crippen LogP contribution in [0.25, 0.3) is 10.9 Å². The molecule has 3 aromatic rings. The van der Waals surface area contributed by atoms with Crippen LogP contribution in [0.3, 0.4) is 0 Å². The minimum atomic E-state index is -0.239. The van der Waals surface area contributed by atoms with Crippen LogP contribution in [0.4, 0.5) is 11.4 Å². The average Bonchev–Trinajstić information content (AvgIpc) is 3.06. The number of nitrogens with one attached hydrogen (secondary N) is 4. The lowest BCUT2D eigenvalue weighted by Crippen LogP contribution is -2.33. The van der Waals surface area contributed by atoms with E-state index in [0.717, 1.165) is 16.5 Å². The Bertz CT molecular complexity index is 1100. The standard InChI is InChI=1S/C21H20N4O3/c1-11-10-22-21(28)19-18(11)16-9-13(3-8-17(16)25-19)20(27)24-15-6-4-14(5-7-15)23-12(2)26/h3-9,11,25H,10H2,1-2H3,(H,22,28)(H,23,26)(H,24,27). The lowest BCUT2D eigenvalue weighted by molar-refractivity contribution is -0.114. The highest BCUT2D eigenvalue weighted by atomic mass is 16.2. The van der Waals surface area contributed by atoms with E-state index in [-0.39, 0.29) is 23.6 Å². The summed E-state index contributed by atoms with van der Waals surface area (Å²) in [7, 11) is 0. The van der Waals surface area contributed by atoms with E-state index in [1.807, 2.05) is 12.1 Å². The Balaban J connectivity index is 1.60. The maximum atomic E-state index is 12.7. The average molecular weight is 376 g/mol. The Hall–Kier alpha value is -3.61. The normalized spacial score (nSPS) is 15.6. The summed E-state index contributed by atoms with van der Waals surface area (Å²) in [6.45, 7) is 4.07. The number of rotatable bonds is 3. The zero-order valence-electron chi connectivity index (χ0n) is 15.6. The number of fused-ring (bicyclic) bond motifs is 3. The summed E-state index contributed by atoms with van der Waals surface area (Å²) in [4.78, 5) is 39.0. The molecule has 4 N–H and O–H groups in total. The fourth-order valence-electron chi connectivity index (χ4n) is 3.52. The second kappa shape index (κ2) is 6.84. The minimum Gasteiger partial charge on any atom is -0.350 e. The van der Waals surface area contributed by atoms with Crippen molar-refractivity contribution in [3.63, 3.8) is 0 Å². The molecule has 0 radical (unpaired) electrons. The summed E-state index contributed by atoms with van der Waals surface area (Å²) in [5.74, 6) is -0.337. The zero-order chi connectivity index (χ0) is 19.8. The quantitative estimate of drug-likeness (QED) is 0.564. The van der Waals surface area contributed by atoms with Crippen LogP contribution >= 0.6 is 0 Å². The van der Waals surface area contributed by atoms with Crippen LogP contribution in [0.1, 0.15) is 46.2 Å². The number of benzene rings is 2. The molecule has 28 heavy (non-hydrogen) atoms. The molecule has 0 fully saturated rings. The molecule has 7 nitrogen and oxygen atoms in total. The number of carbonyl (C=O) groups is 3. The molecule has 4 rings (SSSR count). The first kappa shape index (κ1) is 17.8. The van der Waals surface area contributed by atoms with Crippen molar-refractivity contribution in [2.75, 3.05) is 17.2 Å². The number of amides is 3. The molecule has 1 aliphatic heterocycles. The molecule has 0 spiro atoms. The van der Waals surface area contributed by atoms with Gasteiger partial charge in [-0.2, -0.15) is 0 Å². The molecule has 142 valence electrons. The molecule has 0 saturated heterocycles. The number of H-pyrrole nitrogens is 1. The van der Waals surface area contributed by atoms with Crippen molar-refractivity contribution in [3.05, 3.63) is 59.3 Å². The summed E-state index contributed by atoms with van der Waals surface area (Å²) in [5.41, 5.74) is 4.16. The SMILES string of the molecule is CC(=O)Nc1ccc(NC(=O)c2ccc3[nH]c4c(c3c2)C(C)CNC4=O)cc1. The molecule has 2 heterocycles. The van der Waals surface area contributed by atoms with Gasteiger partial charge in [0.15, 0.2) is 0 Å². The molecule has 0 aliphatic carbocycles. The topological polar surface area (TPSA) is 103 Å². The van der Waals surface area contributed by atoms with Crippen molar-refractivity contribution < 1.29 is 14.4 Å². The van der Waals surface area contributed by atoms with E-state index in [1.165, 1.54) is 6.92 Å². The van der Waals surface area contributed by atoms with Gasteiger partial charge in [-0.1, -0.05) is 6.92 Å². The van der Waals surface area contributed by atoms with Crippen molar-refractivity contribution in [3.8, 4) is 0 Å². The third-order valence-electron chi connectivity index (χ3n) is 4.85. The van der Waals surface area contributed by atoms with Gasteiger partial charge in [0, 0.05) is 47.2 Å². The predicted molar refractivity (Wildman–Crippen MR) is 108 cm³/mol. The van der Waals surface area contributed by atoms with E-state index in [1.54, 1.807) is 30.3 Å². The Morgan fingerprint density at radius 1 is 1.04 bits per heavy atom. The summed E-state index contributed by atoms with van der Waals surface area (Å²) < 4.78 is 0. The maximum Gasteiger partial charge on any atom is 0.268 e. The van der Waals surface area contributed by atoms with Crippen LogP contribution < -0.4 is 16.0 Å². The van der Waals surface area contributed by atoms with E-state index in [9.17, 15) is 14.4 Å². The van der Waals surface area contributed by atoms with E-state index < -0.39 is 0 Å². The molecule has 7 heteroatoms. The smallest absolute Gasteiger partial charge is 0.268 e. The largest absolute Gasteiger partial charge is 0.350 e. The lowest BCUT2D eigenvalue weighted by Gasteiger charge is -2.19. The molecule has 1 aliphatic rings. The van der Waals surface area contributed by atoms with Crippen LogP contribution in [-0.4, -0.2) is 29.3 Å². The Morgan fingerprint density at radius 2 is 1.71 bits per heavy atom. The second-order valence-corrected chi connectivity index (χ2v) is 7.00. The van der Waals surface area contributed by atoms with Crippen molar-refractivity contribution >= 4 is 40.0 Å². The van der Waals surface area contributed by atoms with Gasteiger partial charge in [0.05, 0.1) is 0 Å². The lowest BCUT2D eigenvalue weighted by atomic mass is 9.93. The van der Waals surface area contributed by atoms with Gasteiger partial charge in [0.2, 0.25) is 5.91 Å². The van der Waals surface area contributed by atoms with Crippen LogP contribution in [-0.2, 0) is 4.79 Å². The highest BCUT2D eigenvalue weighted by molar-refractivity contribution is 6.08. The Morgan fingerprint density at radius 3 is 2.39 bits per heavy atom. The van der Waals surface area contributed by atoms with Crippen molar-refractivity contribution in [2.24, 2.45) is 0 Å². The first-order valence-electron chi connectivity index (χ1n) is 9.05. The summed E-state index contributed by atoms with van der Waals surface area (Å²) in [6, 6.07) is 12.3. The summed E-state index contributed by atoms with van der Waals surface area (Å²) in [6.07, 6.45) is 0. The van der Waals surface area contributed by atoms with Gasteiger partial charge in [-0.25, -0.2) is 0 Å². The fraction of sp³-hybridized carbons (Fsp3) is 0.190. The number of aromatic amines is 1. The highest BCUT2D eigenvalue weighted by Crippen LogP contribution is 2.32. The summed E-state index contributed by atoms with van der Waals surface area (Å²) in [5, 5.41) is 9.29. The number of anilines is 2. The molecule has 1 atom stereocenters. The van der Waals surface area contributed by atoms with E-state index >= 15 is 0 Å². The first-order valence-corrected chi connectivity index (χ1v) is 9.05. The van der Waals surface area contributed by atoms with Crippen molar-refractivity contribution in [1.29, 1.82) is 0 Å². The van der Waals surface area contributed by atoms with Crippen LogP contribution in [0.15, 0.2) is 42.5 Å². The predicted octanol–water partition coefficient (Wildman–Crippen LogP) is 3.23. The second-order valence-electron chi connectivity index (χ2n) is 7.00.